The molecule has 0 fully saturated rings. The molecular formula is C11H23NO3. The minimum absolute atomic E-state index is 0.231. The van der Waals surface area contributed by atoms with Gasteiger partial charge < -0.3 is 15.2 Å². The summed E-state index contributed by atoms with van der Waals surface area (Å²) >= 11 is 0. The van der Waals surface area contributed by atoms with Crippen molar-refractivity contribution in [2.45, 2.75) is 33.7 Å². The normalized spacial score (nSPS) is 13.3. The second kappa shape index (κ2) is 7.65. The second-order valence-corrected chi connectivity index (χ2v) is 4.56. The van der Waals surface area contributed by atoms with Crippen LogP contribution in [0, 0.1) is 11.8 Å². The molecule has 4 nitrogen and oxygen atoms in total. The lowest BCUT2D eigenvalue weighted by Crippen LogP contribution is -2.37. The third kappa shape index (κ3) is 8.39. The van der Waals surface area contributed by atoms with Crippen LogP contribution in [0.5, 0.6) is 0 Å². The van der Waals surface area contributed by atoms with Crippen LogP contribution in [-0.4, -0.2) is 31.8 Å². The van der Waals surface area contributed by atoms with Crippen LogP contribution in [-0.2, 0) is 14.3 Å². The Morgan fingerprint density at radius 1 is 1.07 bits per heavy atom. The van der Waals surface area contributed by atoms with Crippen molar-refractivity contribution in [2.24, 2.45) is 17.6 Å². The maximum atomic E-state index is 11.3. The lowest BCUT2D eigenvalue weighted by Gasteiger charge is -2.13. The summed E-state index contributed by atoms with van der Waals surface area (Å²) in [5, 5.41) is 0. The molecule has 0 bridgehead atoms. The quantitative estimate of drug-likeness (QED) is 0.651. The summed E-state index contributed by atoms with van der Waals surface area (Å²) in [5.41, 5.74) is 5.59. The lowest BCUT2D eigenvalue weighted by atomic mass is 10.2. The van der Waals surface area contributed by atoms with Gasteiger partial charge in [-0.3, -0.25) is 4.79 Å². The summed E-state index contributed by atoms with van der Waals surface area (Å²) in [6, 6.07) is -0.664. The average Bonchev–Trinajstić information content (AvgIpc) is 2.13. The average molecular weight is 217 g/mol. The number of carbonyl (C=O) groups is 1. The molecule has 0 saturated carbocycles. The smallest absolute Gasteiger partial charge is 0.325 e. The highest BCUT2D eigenvalue weighted by Crippen LogP contribution is 1.97. The van der Waals surface area contributed by atoms with Crippen LogP contribution in [0.3, 0.4) is 0 Å². The fourth-order valence-electron chi connectivity index (χ4n) is 0.855. The van der Waals surface area contributed by atoms with E-state index in [2.05, 4.69) is 0 Å². The van der Waals surface area contributed by atoms with Crippen molar-refractivity contribution in [3.8, 4) is 0 Å². The van der Waals surface area contributed by atoms with E-state index in [0.29, 0.717) is 25.0 Å². The Morgan fingerprint density at radius 2 is 1.60 bits per heavy atom. The molecule has 0 saturated heterocycles. The zero-order valence-corrected chi connectivity index (χ0v) is 10.2. The SMILES string of the molecule is CC(C)COCC(N)C(=O)OCC(C)C. The lowest BCUT2D eigenvalue weighted by molar-refractivity contribution is -0.147. The van der Waals surface area contributed by atoms with Crippen molar-refractivity contribution >= 4 is 5.97 Å². The molecule has 4 heteroatoms. The van der Waals surface area contributed by atoms with E-state index in [0.717, 1.165) is 0 Å². The van der Waals surface area contributed by atoms with Gasteiger partial charge in [0, 0.05) is 6.61 Å². The predicted octanol–water partition coefficient (Wildman–Crippen LogP) is 1.19. The maximum absolute atomic E-state index is 11.3. The van der Waals surface area contributed by atoms with E-state index in [4.69, 9.17) is 15.2 Å². The van der Waals surface area contributed by atoms with E-state index in [1.807, 2.05) is 27.7 Å². The number of carbonyl (C=O) groups excluding carboxylic acids is 1. The van der Waals surface area contributed by atoms with Gasteiger partial charge in [-0.05, 0) is 11.8 Å². The summed E-state index contributed by atoms with van der Waals surface area (Å²) < 4.78 is 10.2. The molecule has 15 heavy (non-hydrogen) atoms. The number of hydrogen-bond donors (Lipinski definition) is 1. The number of nitrogens with two attached hydrogens (primary N) is 1. The van der Waals surface area contributed by atoms with Crippen LogP contribution in [0.25, 0.3) is 0 Å². The van der Waals surface area contributed by atoms with E-state index in [1.54, 1.807) is 0 Å². The van der Waals surface area contributed by atoms with Gasteiger partial charge in [-0.15, -0.1) is 0 Å². The topological polar surface area (TPSA) is 61.5 Å². The van der Waals surface area contributed by atoms with E-state index >= 15 is 0 Å². The predicted molar refractivity (Wildman–Crippen MR) is 59.4 cm³/mol. The number of esters is 1. The summed E-state index contributed by atoms with van der Waals surface area (Å²) in [6.45, 7) is 9.31. The molecular weight excluding hydrogens is 194 g/mol. The Labute approximate surface area is 92.1 Å². The third-order valence-corrected chi connectivity index (χ3v) is 1.61. The van der Waals surface area contributed by atoms with Crippen molar-refractivity contribution < 1.29 is 14.3 Å². The van der Waals surface area contributed by atoms with Crippen LogP contribution < -0.4 is 5.73 Å². The Bertz CT molecular complexity index is 181. The monoisotopic (exact) mass is 217 g/mol. The summed E-state index contributed by atoms with van der Waals surface area (Å²) in [7, 11) is 0. The minimum atomic E-state index is -0.664. The first kappa shape index (κ1) is 14.4. The van der Waals surface area contributed by atoms with Gasteiger partial charge in [0.1, 0.15) is 6.04 Å². The van der Waals surface area contributed by atoms with Crippen molar-refractivity contribution in [1.82, 2.24) is 0 Å². The van der Waals surface area contributed by atoms with E-state index in [1.165, 1.54) is 0 Å². The Hall–Kier alpha value is -0.610. The van der Waals surface area contributed by atoms with Crippen molar-refractivity contribution in [3.05, 3.63) is 0 Å². The van der Waals surface area contributed by atoms with Gasteiger partial charge in [0.05, 0.1) is 13.2 Å². The van der Waals surface area contributed by atoms with Crippen molar-refractivity contribution in [1.29, 1.82) is 0 Å². The molecule has 0 rings (SSSR count). The molecule has 90 valence electrons. The molecule has 0 aromatic carbocycles. The van der Waals surface area contributed by atoms with Gasteiger partial charge in [0.25, 0.3) is 0 Å². The van der Waals surface area contributed by atoms with Gasteiger partial charge in [-0.25, -0.2) is 0 Å². The van der Waals surface area contributed by atoms with Crippen LogP contribution in [0.4, 0.5) is 0 Å². The molecule has 0 heterocycles. The summed E-state index contributed by atoms with van der Waals surface area (Å²) in [4.78, 5) is 11.3. The molecule has 0 aromatic rings. The Balaban J connectivity index is 3.60. The summed E-state index contributed by atoms with van der Waals surface area (Å²) in [5.74, 6) is 0.397. The Kier molecular flexibility index (Phi) is 7.34. The molecule has 2 N–H and O–H groups in total. The van der Waals surface area contributed by atoms with Gasteiger partial charge in [-0.2, -0.15) is 0 Å². The zero-order chi connectivity index (χ0) is 11.8. The van der Waals surface area contributed by atoms with Gasteiger partial charge >= 0.3 is 5.97 Å². The van der Waals surface area contributed by atoms with E-state index < -0.39 is 6.04 Å². The van der Waals surface area contributed by atoms with Crippen LogP contribution in [0.2, 0.25) is 0 Å². The largest absolute Gasteiger partial charge is 0.464 e. The zero-order valence-electron chi connectivity index (χ0n) is 10.2. The number of ether oxygens (including phenoxy) is 2. The number of hydrogen-bond acceptors (Lipinski definition) is 4. The highest BCUT2D eigenvalue weighted by molar-refractivity contribution is 5.75. The summed E-state index contributed by atoms with van der Waals surface area (Å²) in [6.07, 6.45) is 0. The molecule has 1 unspecified atom stereocenters. The molecule has 0 aliphatic heterocycles. The molecule has 0 radical (unpaired) electrons. The van der Waals surface area contributed by atoms with E-state index in [9.17, 15) is 4.79 Å². The molecule has 0 spiro atoms. The highest BCUT2D eigenvalue weighted by Gasteiger charge is 2.15. The van der Waals surface area contributed by atoms with Gasteiger partial charge in [0.2, 0.25) is 0 Å². The second-order valence-electron chi connectivity index (χ2n) is 4.56. The molecule has 0 aromatic heterocycles. The van der Waals surface area contributed by atoms with Crippen LogP contribution in [0.15, 0.2) is 0 Å². The molecule has 0 aliphatic rings. The van der Waals surface area contributed by atoms with Gasteiger partial charge in [0.15, 0.2) is 0 Å². The minimum Gasteiger partial charge on any atom is -0.464 e. The Morgan fingerprint density at radius 3 is 2.07 bits per heavy atom. The third-order valence-electron chi connectivity index (χ3n) is 1.61. The molecule has 0 amide bonds. The van der Waals surface area contributed by atoms with Crippen LogP contribution in [0.1, 0.15) is 27.7 Å². The van der Waals surface area contributed by atoms with Crippen LogP contribution >= 0.6 is 0 Å². The van der Waals surface area contributed by atoms with Crippen molar-refractivity contribution in [2.75, 3.05) is 19.8 Å². The maximum Gasteiger partial charge on any atom is 0.325 e. The standard InChI is InChI=1S/C11H23NO3/c1-8(2)5-14-7-10(12)11(13)15-6-9(3)4/h8-10H,5-7,12H2,1-4H3. The fraction of sp³-hybridized carbons (Fsp3) is 0.909. The highest BCUT2D eigenvalue weighted by atomic mass is 16.5. The fourth-order valence-corrected chi connectivity index (χ4v) is 0.855. The molecule has 0 aliphatic carbocycles. The first-order valence-electron chi connectivity index (χ1n) is 5.43. The first-order chi connectivity index (χ1) is 6.93. The molecule has 1 atom stereocenters. The number of rotatable bonds is 7. The van der Waals surface area contributed by atoms with Gasteiger partial charge in [-0.1, -0.05) is 27.7 Å². The van der Waals surface area contributed by atoms with Crippen molar-refractivity contribution in [3.63, 3.8) is 0 Å². The van der Waals surface area contributed by atoms with E-state index in [-0.39, 0.29) is 12.6 Å². The first-order valence-corrected chi connectivity index (χ1v) is 5.43.